The van der Waals surface area contributed by atoms with Gasteiger partial charge in [-0.15, -0.1) is 12.4 Å². The predicted molar refractivity (Wildman–Crippen MR) is 79.2 cm³/mol. The maximum absolute atomic E-state index is 12.0. The fraction of sp³-hybridized carbons (Fsp3) is 0.929. The molecule has 3 nitrogen and oxygen atoms in total. The molecule has 0 heterocycles. The summed E-state index contributed by atoms with van der Waals surface area (Å²) in [6, 6.07) is 0.477. The van der Waals surface area contributed by atoms with Gasteiger partial charge in [0.05, 0.1) is 0 Å². The van der Waals surface area contributed by atoms with Crippen LogP contribution in [0.15, 0.2) is 0 Å². The van der Waals surface area contributed by atoms with Crippen molar-refractivity contribution >= 4 is 18.3 Å². The number of nitrogens with one attached hydrogen (secondary N) is 1. The van der Waals surface area contributed by atoms with Crippen LogP contribution in [0.25, 0.3) is 0 Å². The lowest BCUT2D eigenvalue weighted by molar-refractivity contribution is -0.133. The third kappa shape index (κ3) is 5.57. The molecule has 1 saturated carbocycles. The van der Waals surface area contributed by atoms with Gasteiger partial charge in [-0.05, 0) is 51.1 Å². The van der Waals surface area contributed by atoms with E-state index in [1.54, 1.807) is 0 Å². The first-order valence-corrected chi connectivity index (χ1v) is 6.86. The number of carbonyl (C=O) groups excluding carboxylic acids is 1. The van der Waals surface area contributed by atoms with Gasteiger partial charge in [-0.3, -0.25) is 4.79 Å². The largest absolute Gasteiger partial charge is 0.343 e. The molecule has 1 aliphatic carbocycles. The number of hydrogen-bond donors (Lipinski definition) is 1. The van der Waals surface area contributed by atoms with Gasteiger partial charge in [0, 0.05) is 19.5 Å². The van der Waals surface area contributed by atoms with E-state index in [4.69, 9.17) is 0 Å². The van der Waals surface area contributed by atoms with Crippen molar-refractivity contribution in [1.29, 1.82) is 0 Å². The fourth-order valence-corrected chi connectivity index (χ4v) is 2.57. The molecule has 0 atom stereocenters. The highest BCUT2D eigenvalue weighted by molar-refractivity contribution is 5.85. The van der Waals surface area contributed by atoms with Crippen molar-refractivity contribution in [1.82, 2.24) is 10.2 Å². The van der Waals surface area contributed by atoms with Crippen LogP contribution in [-0.2, 0) is 4.79 Å². The highest BCUT2D eigenvalue weighted by Crippen LogP contribution is 2.36. The monoisotopic (exact) mass is 276 g/mol. The van der Waals surface area contributed by atoms with E-state index >= 15 is 0 Å². The second kappa shape index (κ2) is 8.00. The zero-order valence-electron chi connectivity index (χ0n) is 12.3. The molecule has 1 N–H and O–H groups in total. The molecule has 4 heteroatoms. The summed E-state index contributed by atoms with van der Waals surface area (Å²) in [5.41, 5.74) is 0.479. The van der Waals surface area contributed by atoms with Crippen LogP contribution in [0.5, 0.6) is 0 Å². The van der Waals surface area contributed by atoms with Crippen LogP contribution in [0.4, 0.5) is 0 Å². The molecule has 1 rings (SSSR count). The summed E-state index contributed by atoms with van der Waals surface area (Å²) >= 11 is 0. The summed E-state index contributed by atoms with van der Waals surface area (Å²) in [6.45, 7) is 5.59. The topological polar surface area (TPSA) is 32.3 Å². The molecule has 0 bridgehead atoms. The minimum absolute atomic E-state index is 0. The molecular formula is C14H29ClN2O. The lowest BCUT2D eigenvalue weighted by Crippen LogP contribution is -2.40. The van der Waals surface area contributed by atoms with Crippen LogP contribution in [0.3, 0.4) is 0 Å². The first-order valence-electron chi connectivity index (χ1n) is 6.86. The predicted octanol–water partition coefficient (Wildman–Crippen LogP) is 2.84. The maximum Gasteiger partial charge on any atom is 0.222 e. The maximum atomic E-state index is 12.0. The Morgan fingerprint density at radius 1 is 1.33 bits per heavy atom. The van der Waals surface area contributed by atoms with E-state index < -0.39 is 0 Å². The fourth-order valence-electron chi connectivity index (χ4n) is 2.57. The Hall–Kier alpha value is -0.280. The van der Waals surface area contributed by atoms with Gasteiger partial charge >= 0.3 is 0 Å². The van der Waals surface area contributed by atoms with Crippen LogP contribution in [-0.4, -0.2) is 37.5 Å². The van der Waals surface area contributed by atoms with Gasteiger partial charge in [0.1, 0.15) is 0 Å². The molecule has 1 fully saturated rings. The van der Waals surface area contributed by atoms with Crippen molar-refractivity contribution in [3.63, 3.8) is 0 Å². The smallest absolute Gasteiger partial charge is 0.222 e. The quantitative estimate of drug-likeness (QED) is 0.783. The summed E-state index contributed by atoms with van der Waals surface area (Å²) in [5, 5.41) is 3.08. The van der Waals surface area contributed by atoms with Gasteiger partial charge < -0.3 is 10.2 Å². The second-order valence-corrected chi connectivity index (χ2v) is 6.11. The number of hydrogen-bond acceptors (Lipinski definition) is 2. The van der Waals surface area contributed by atoms with E-state index in [2.05, 4.69) is 19.2 Å². The van der Waals surface area contributed by atoms with Crippen LogP contribution in [0.1, 0.15) is 52.4 Å². The average molecular weight is 277 g/mol. The lowest BCUT2D eigenvalue weighted by atomic mass is 9.75. The Bertz CT molecular complexity index is 246. The van der Waals surface area contributed by atoms with Crippen molar-refractivity contribution < 1.29 is 4.79 Å². The molecule has 0 spiro atoms. The first-order chi connectivity index (χ1) is 7.96. The highest BCUT2D eigenvalue weighted by atomic mass is 35.5. The molecule has 0 aromatic carbocycles. The Labute approximate surface area is 118 Å². The van der Waals surface area contributed by atoms with Gasteiger partial charge in [0.15, 0.2) is 0 Å². The molecule has 0 aromatic rings. The highest BCUT2D eigenvalue weighted by Gasteiger charge is 2.30. The van der Waals surface area contributed by atoms with Gasteiger partial charge in [0.2, 0.25) is 5.91 Å². The molecule has 0 unspecified atom stereocenters. The summed E-state index contributed by atoms with van der Waals surface area (Å²) in [5.74, 6) is 0.310. The SMILES string of the molecule is CNCCCC(=O)N(C)C1CCC(C)(C)CC1.Cl. The van der Waals surface area contributed by atoms with Crippen molar-refractivity contribution in [3.05, 3.63) is 0 Å². The molecule has 108 valence electrons. The zero-order valence-corrected chi connectivity index (χ0v) is 13.1. The third-order valence-electron chi connectivity index (χ3n) is 4.07. The Kier molecular flexibility index (Phi) is 7.88. The van der Waals surface area contributed by atoms with Gasteiger partial charge in [-0.2, -0.15) is 0 Å². The van der Waals surface area contributed by atoms with Crippen molar-refractivity contribution in [3.8, 4) is 0 Å². The summed E-state index contributed by atoms with van der Waals surface area (Å²) in [6.07, 6.45) is 6.44. The van der Waals surface area contributed by atoms with Crippen molar-refractivity contribution in [2.45, 2.75) is 58.4 Å². The number of carbonyl (C=O) groups is 1. The Morgan fingerprint density at radius 3 is 2.39 bits per heavy atom. The normalized spacial score (nSPS) is 19.1. The molecule has 1 aliphatic rings. The number of amides is 1. The standard InChI is InChI=1S/C14H28N2O.ClH/c1-14(2)9-7-12(8-10-14)16(4)13(17)6-5-11-15-3;/h12,15H,5-11H2,1-4H3;1H. The zero-order chi connectivity index (χ0) is 12.9. The van der Waals surface area contributed by atoms with E-state index in [1.807, 2.05) is 19.0 Å². The molecule has 18 heavy (non-hydrogen) atoms. The van der Waals surface area contributed by atoms with Crippen LogP contribution in [0.2, 0.25) is 0 Å². The third-order valence-corrected chi connectivity index (χ3v) is 4.07. The molecule has 0 radical (unpaired) electrons. The molecule has 1 amide bonds. The average Bonchev–Trinajstić information content (AvgIpc) is 2.28. The van der Waals surface area contributed by atoms with Crippen molar-refractivity contribution in [2.75, 3.05) is 20.6 Å². The van der Waals surface area contributed by atoms with Gasteiger partial charge in [0.25, 0.3) is 0 Å². The van der Waals surface area contributed by atoms with E-state index in [0.29, 0.717) is 23.8 Å². The second-order valence-electron chi connectivity index (χ2n) is 6.11. The molecule has 0 aliphatic heterocycles. The van der Waals surface area contributed by atoms with E-state index in [0.717, 1.165) is 13.0 Å². The number of nitrogens with zero attached hydrogens (tertiary/aromatic N) is 1. The van der Waals surface area contributed by atoms with E-state index in [9.17, 15) is 4.79 Å². The molecule has 0 aromatic heterocycles. The van der Waals surface area contributed by atoms with Crippen LogP contribution < -0.4 is 5.32 Å². The lowest BCUT2D eigenvalue weighted by Gasteiger charge is -2.38. The Balaban J connectivity index is 0.00000289. The Morgan fingerprint density at radius 2 is 1.89 bits per heavy atom. The van der Waals surface area contributed by atoms with Crippen LogP contribution >= 0.6 is 12.4 Å². The van der Waals surface area contributed by atoms with Gasteiger partial charge in [-0.1, -0.05) is 13.8 Å². The minimum Gasteiger partial charge on any atom is -0.343 e. The number of halogens is 1. The first kappa shape index (κ1) is 17.7. The van der Waals surface area contributed by atoms with E-state index in [1.165, 1.54) is 25.7 Å². The summed E-state index contributed by atoms with van der Waals surface area (Å²) in [7, 11) is 3.90. The van der Waals surface area contributed by atoms with Crippen LogP contribution in [0, 0.1) is 5.41 Å². The van der Waals surface area contributed by atoms with Crippen molar-refractivity contribution in [2.24, 2.45) is 5.41 Å². The summed E-state index contributed by atoms with van der Waals surface area (Å²) < 4.78 is 0. The summed E-state index contributed by atoms with van der Waals surface area (Å²) in [4.78, 5) is 14.0. The molecule has 0 saturated heterocycles. The van der Waals surface area contributed by atoms with E-state index in [-0.39, 0.29) is 12.4 Å². The van der Waals surface area contributed by atoms with Gasteiger partial charge in [-0.25, -0.2) is 0 Å². The number of rotatable bonds is 5. The molecular weight excluding hydrogens is 248 g/mol. The minimum atomic E-state index is 0.